The number of nitrogens with one attached hydrogen (secondary N) is 2. The van der Waals surface area contributed by atoms with E-state index < -0.39 is 23.8 Å². The Morgan fingerprint density at radius 1 is 1.28 bits per heavy atom. The molecule has 2 rings (SSSR count). The fraction of sp³-hybridized carbons (Fsp3) is 0.375. The molecule has 0 aliphatic rings. The molecule has 9 heteroatoms. The van der Waals surface area contributed by atoms with Gasteiger partial charge in [-0.2, -0.15) is 0 Å². The van der Waals surface area contributed by atoms with Crippen molar-refractivity contribution in [1.29, 1.82) is 0 Å². The molecule has 2 amide bonds. The SMILES string of the molecule is CC(C)C[C@H](NC(=O)CNC(=O)c1csc(-c2cccs2)n1)C(=O)O. The number of thiophene rings is 1. The fourth-order valence-corrected chi connectivity index (χ4v) is 3.70. The molecule has 3 N–H and O–H groups in total. The molecule has 2 aromatic rings. The zero-order chi connectivity index (χ0) is 18.4. The molecule has 0 radical (unpaired) electrons. The lowest BCUT2D eigenvalue weighted by molar-refractivity contribution is -0.142. The van der Waals surface area contributed by atoms with Crippen LogP contribution < -0.4 is 10.6 Å². The minimum absolute atomic E-state index is 0.127. The maximum Gasteiger partial charge on any atom is 0.326 e. The largest absolute Gasteiger partial charge is 0.480 e. The van der Waals surface area contributed by atoms with Gasteiger partial charge >= 0.3 is 5.97 Å². The Morgan fingerprint density at radius 2 is 2.04 bits per heavy atom. The van der Waals surface area contributed by atoms with E-state index in [2.05, 4.69) is 15.6 Å². The maximum absolute atomic E-state index is 12.1. The highest BCUT2D eigenvalue weighted by molar-refractivity contribution is 7.20. The summed E-state index contributed by atoms with van der Waals surface area (Å²) in [6.07, 6.45) is 0.325. The van der Waals surface area contributed by atoms with Gasteiger partial charge in [-0.05, 0) is 23.8 Å². The van der Waals surface area contributed by atoms with Crippen LogP contribution in [-0.4, -0.2) is 40.5 Å². The van der Waals surface area contributed by atoms with E-state index in [9.17, 15) is 14.4 Å². The van der Waals surface area contributed by atoms with Crippen LogP contribution in [0.5, 0.6) is 0 Å². The molecule has 0 aliphatic carbocycles. The summed E-state index contributed by atoms with van der Waals surface area (Å²) in [6, 6.07) is 2.86. The summed E-state index contributed by atoms with van der Waals surface area (Å²) in [4.78, 5) is 40.3. The molecule has 0 aromatic carbocycles. The Balaban J connectivity index is 1.87. The predicted octanol–water partition coefficient (Wildman–Crippen LogP) is 2.22. The van der Waals surface area contributed by atoms with Crippen molar-refractivity contribution in [3.63, 3.8) is 0 Å². The summed E-state index contributed by atoms with van der Waals surface area (Å²) in [7, 11) is 0. The van der Waals surface area contributed by atoms with Crippen molar-refractivity contribution < 1.29 is 19.5 Å². The van der Waals surface area contributed by atoms with Gasteiger partial charge in [-0.25, -0.2) is 9.78 Å². The first-order valence-corrected chi connectivity index (χ1v) is 9.42. The molecule has 134 valence electrons. The normalized spacial score (nSPS) is 12.0. The molecular formula is C16H19N3O4S2. The van der Waals surface area contributed by atoms with E-state index in [-0.39, 0.29) is 18.2 Å². The zero-order valence-corrected chi connectivity index (χ0v) is 15.4. The third-order valence-corrected chi connectivity index (χ3v) is 5.10. The van der Waals surface area contributed by atoms with E-state index in [1.807, 2.05) is 31.4 Å². The summed E-state index contributed by atoms with van der Waals surface area (Å²) in [5.74, 6) is -1.98. The molecule has 7 nitrogen and oxygen atoms in total. The van der Waals surface area contributed by atoms with Crippen molar-refractivity contribution in [3.8, 4) is 9.88 Å². The average Bonchev–Trinajstić information content (AvgIpc) is 3.22. The lowest BCUT2D eigenvalue weighted by atomic mass is 10.0. The van der Waals surface area contributed by atoms with Crippen LogP contribution in [0.15, 0.2) is 22.9 Å². The Labute approximate surface area is 153 Å². The van der Waals surface area contributed by atoms with Gasteiger partial charge < -0.3 is 15.7 Å². The van der Waals surface area contributed by atoms with Gasteiger partial charge in [0.1, 0.15) is 16.7 Å². The molecule has 25 heavy (non-hydrogen) atoms. The second-order valence-corrected chi connectivity index (χ2v) is 7.59. The third-order valence-electron chi connectivity index (χ3n) is 3.22. The summed E-state index contributed by atoms with van der Waals surface area (Å²) >= 11 is 2.88. The number of carbonyl (C=O) groups is 3. The molecular weight excluding hydrogens is 362 g/mol. The molecule has 2 heterocycles. The van der Waals surface area contributed by atoms with Crippen LogP contribution in [0.4, 0.5) is 0 Å². The van der Waals surface area contributed by atoms with E-state index in [0.717, 1.165) is 9.88 Å². The number of carbonyl (C=O) groups excluding carboxylic acids is 2. The number of aliphatic carboxylic acids is 1. The van der Waals surface area contributed by atoms with E-state index in [0.29, 0.717) is 6.42 Å². The summed E-state index contributed by atoms with van der Waals surface area (Å²) in [5.41, 5.74) is 0.234. The molecule has 2 aromatic heterocycles. The topological polar surface area (TPSA) is 108 Å². The van der Waals surface area contributed by atoms with Crippen molar-refractivity contribution in [3.05, 3.63) is 28.6 Å². The highest BCUT2D eigenvalue weighted by atomic mass is 32.1. The van der Waals surface area contributed by atoms with Crippen LogP contribution in [0.25, 0.3) is 9.88 Å². The van der Waals surface area contributed by atoms with Gasteiger partial charge in [0, 0.05) is 5.38 Å². The smallest absolute Gasteiger partial charge is 0.326 e. The van der Waals surface area contributed by atoms with Gasteiger partial charge in [-0.3, -0.25) is 9.59 Å². The third kappa shape index (κ3) is 5.64. The van der Waals surface area contributed by atoms with Crippen molar-refractivity contribution in [2.45, 2.75) is 26.3 Å². The number of aromatic nitrogens is 1. The van der Waals surface area contributed by atoms with Crippen LogP contribution in [0.1, 0.15) is 30.8 Å². The minimum Gasteiger partial charge on any atom is -0.480 e. The van der Waals surface area contributed by atoms with Gasteiger partial charge in [0.15, 0.2) is 0 Å². The molecule has 0 saturated carbocycles. The first-order valence-electron chi connectivity index (χ1n) is 7.66. The lowest BCUT2D eigenvalue weighted by Gasteiger charge is -2.16. The molecule has 1 atom stereocenters. The highest BCUT2D eigenvalue weighted by Crippen LogP contribution is 2.27. The number of carboxylic acid groups (broad SMARTS) is 1. The van der Waals surface area contributed by atoms with Crippen molar-refractivity contribution in [2.75, 3.05) is 6.54 Å². The Bertz CT molecular complexity index is 740. The number of hydrogen-bond donors (Lipinski definition) is 3. The number of thiazole rings is 1. The van der Waals surface area contributed by atoms with Crippen LogP contribution in [0.3, 0.4) is 0 Å². The lowest BCUT2D eigenvalue weighted by Crippen LogP contribution is -2.46. The number of hydrogen-bond acceptors (Lipinski definition) is 6. The van der Waals surface area contributed by atoms with Gasteiger partial charge in [0.25, 0.3) is 5.91 Å². The van der Waals surface area contributed by atoms with Crippen LogP contribution >= 0.6 is 22.7 Å². The standard InChI is InChI=1S/C16H19N3O4S2/c1-9(2)6-10(16(22)23)18-13(20)7-17-14(21)11-8-25-15(19-11)12-4-3-5-24-12/h3-5,8-10H,6-7H2,1-2H3,(H,17,21)(H,18,20)(H,22,23)/t10-/m0/s1. The summed E-state index contributed by atoms with van der Waals surface area (Å²) in [5, 5.41) is 18.3. The van der Waals surface area contributed by atoms with Crippen LogP contribution in [0, 0.1) is 5.92 Å². The number of nitrogens with zero attached hydrogens (tertiary/aromatic N) is 1. The van der Waals surface area contributed by atoms with Crippen LogP contribution in [0.2, 0.25) is 0 Å². The Kier molecular flexibility index (Phi) is 6.65. The summed E-state index contributed by atoms with van der Waals surface area (Å²) in [6.45, 7) is 3.45. The maximum atomic E-state index is 12.1. The summed E-state index contributed by atoms with van der Waals surface area (Å²) < 4.78 is 0. The van der Waals surface area contributed by atoms with Gasteiger partial charge in [-0.15, -0.1) is 22.7 Å². The molecule has 0 bridgehead atoms. The second kappa shape index (κ2) is 8.72. The first kappa shape index (κ1) is 19.1. The van der Waals surface area contributed by atoms with E-state index in [1.165, 1.54) is 22.7 Å². The predicted molar refractivity (Wildman–Crippen MR) is 96.8 cm³/mol. The zero-order valence-electron chi connectivity index (χ0n) is 13.8. The molecule has 0 unspecified atom stereocenters. The highest BCUT2D eigenvalue weighted by Gasteiger charge is 2.21. The second-order valence-electron chi connectivity index (χ2n) is 5.79. The molecule has 0 fully saturated rings. The number of carboxylic acids is 1. The Hall–Kier alpha value is -2.26. The van der Waals surface area contributed by atoms with Gasteiger partial charge in [-0.1, -0.05) is 19.9 Å². The van der Waals surface area contributed by atoms with Crippen LogP contribution in [-0.2, 0) is 9.59 Å². The molecule has 0 spiro atoms. The Morgan fingerprint density at radius 3 is 2.64 bits per heavy atom. The van der Waals surface area contributed by atoms with Crippen molar-refractivity contribution in [2.24, 2.45) is 5.92 Å². The van der Waals surface area contributed by atoms with Gasteiger partial charge in [0.05, 0.1) is 11.4 Å². The quantitative estimate of drug-likeness (QED) is 0.650. The monoisotopic (exact) mass is 381 g/mol. The average molecular weight is 381 g/mol. The van der Waals surface area contributed by atoms with E-state index in [1.54, 1.807) is 5.38 Å². The van der Waals surface area contributed by atoms with E-state index >= 15 is 0 Å². The van der Waals surface area contributed by atoms with Crippen molar-refractivity contribution >= 4 is 40.5 Å². The first-order chi connectivity index (χ1) is 11.9. The van der Waals surface area contributed by atoms with E-state index in [4.69, 9.17) is 5.11 Å². The number of amides is 2. The molecule has 0 aliphatic heterocycles. The van der Waals surface area contributed by atoms with Crippen molar-refractivity contribution in [1.82, 2.24) is 15.6 Å². The fourth-order valence-electron chi connectivity index (χ4n) is 2.08. The molecule has 0 saturated heterocycles. The number of rotatable bonds is 8. The minimum atomic E-state index is -1.09. The van der Waals surface area contributed by atoms with Gasteiger partial charge in [0.2, 0.25) is 5.91 Å².